The van der Waals surface area contributed by atoms with Crippen LogP contribution in [0.15, 0.2) is 18.2 Å². The lowest BCUT2D eigenvalue weighted by atomic mass is 9.96. The quantitative estimate of drug-likeness (QED) is 0.517. The molecule has 1 fully saturated rings. The first-order chi connectivity index (χ1) is 9.45. The summed E-state index contributed by atoms with van der Waals surface area (Å²) in [7, 11) is 4.11. The van der Waals surface area contributed by atoms with E-state index in [0.29, 0.717) is 11.6 Å². The van der Waals surface area contributed by atoms with Crippen molar-refractivity contribution >= 4 is 17.1 Å². The second-order valence-corrected chi connectivity index (χ2v) is 5.67. The Balaban J connectivity index is 2.05. The lowest BCUT2D eigenvalue weighted by Crippen LogP contribution is -2.35. The van der Waals surface area contributed by atoms with Gasteiger partial charge < -0.3 is 15.5 Å². The predicted octanol–water partition coefficient (Wildman–Crippen LogP) is 1.95. The summed E-state index contributed by atoms with van der Waals surface area (Å²) in [6, 6.07) is 4.78. The van der Waals surface area contributed by atoms with E-state index in [-0.39, 0.29) is 5.69 Å². The molecule has 110 valence electrons. The largest absolute Gasteiger partial charge is 0.398 e. The summed E-state index contributed by atoms with van der Waals surface area (Å²) in [5, 5.41) is 10.9. The van der Waals surface area contributed by atoms with Crippen LogP contribution in [0.4, 0.5) is 17.1 Å². The highest BCUT2D eigenvalue weighted by Gasteiger charge is 2.19. The van der Waals surface area contributed by atoms with E-state index in [1.54, 1.807) is 12.1 Å². The molecule has 20 heavy (non-hydrogen) atoms. The number of nitrogens with zero attached hydrogens (tertiary/aromatic N) is 3. The molecule has 0 saturated carbocycles. The second-order valence-electron chi connectivity index (χ2n) is 5.67. The number of nitro groups is 1. The highest BCUT2D eigenvalue weighted by molar-refractivity contribution is 5.62. The van der Waals surface area contributed by atoms with E-state index >= 15 is 0 Å². The standard InChI is InChI=1S/C14H22N4O2/c1-16-5-3-11(4-6-16)10-17(2)13-7-12(15)8-14(9-13)18(19)20/h7-9,11H,3-6,10,15H2,1-2H3. The highest BCUT2D eigenvalue weighted by atomic mass is 16.6. The minimum Gasteiger partial charge on any atom is -0.398 e. The summed E-state index contributed by atoms with van der Waals surface area (Å²) >= 11 is 0. The molecule has 0 aromatic heterocycles. The summed E-state index contributed by atoms with van der Waals surface area (Å²) in [5.41, 5.74) is 7.05. The van der Waals surface area contributed by atoms with Gasteiger partial charge in [0.25, 0.3) is 5.69 Å². The van der Waals surface area contributed by atoms with E-state index in [9.17, 15) is 10.1 Å². The fourth-order valence-corrected chi connectivity index (χ4v) is 2.68. The van der Waals surface area contributed by atoms with Gasteiger partial charge in [-0.1, -0.05) is 0 Å². The molecule has 1 aliphatic heterocycles. The van der Waals surface area contributed by atoms with Crippen molar-refractivity contribution in [1.29, 1.82) is 0 Å². The molecular weight excluding hydrogens is 256 g/mol. The first-order valence-electron chi connectivity index (χ1n) is 6.90. The van der Waals surface area contributed by atoms with E-state index in [0.717, 1.165) is 25.3 Å². The van der Waals surface area contributed by atoms with Gasteiger partial charge in [0.05, 0.1) is 4.92 Å². The molecule has 6 heteroatoms. The second kappa shape index (κ2) is 6.09. The van der Waals surface area contributed by atoms with Crippen LogP contribution in [-0.2, 0) is 0 Å². The van der Waals surface area contributed by atoms with Crippen LogP contribution < -0.4 is 10.6 Å². The molecule has 1 heterocycles. The zero-order valence-electron chi connectivity index (χ0n) is 12.1. The van der Waals surface area contributed by atoms with Gasteiger partial charge in [0.15, 0.2) is 0 Å². The molecule has 2 rings (SSSR count). The normalized spacial score (nSPS) is 17.1. The fourth-order valence-electron chi connectivity index (χ4n) is 2.68. The van der Waals surface area contributed by atoms with Crippen LogP contribution in [0.5, 0.6) is 0 Å². The number of nitrogen functional groups attached to an aromatic ring is 1. The van der Waals surface area contributed by atoms with E-state index in [4.69, 9.17) is 5.73 Å². The SMILES string of the molecule is CN1CCC(CN(C)c2cc(N)cc([N+](=O)[O-])c2)CC1. The van der Waals surface area contributed by atoms with Crippen molar-refractivity contribution in [2.45, 2.75) is 12.8 Å². The average Bonchev–Trinajstić information content (AvgIpc) is 2.40. The third kappa shape index (κ3) is 3.60. The zero-order valence-corrected chi connectivity index (χ0v) is 12.1. The molecule has 1 aliphatic rings. The number of hydrogen-bond donors (Lipinski definition) is 1. The van der Waals surface area contributed by atoms with Crippen molar-refractivity contribution in [1.82, 2.24) is 4.90 Å². The van der Waals surface area contributed by atoms with Crippen molar-refractivity contribution in [3.8, 4) is 0 Å². The Morgan fingerprint density at radius 3 is 2.65 bits per heavy atom. The number of nitro benzene ring substituents is 1. The van der Waals surface area contributed by atoms with Gasteiger partial charge in [-0.3, -0.25) is 10.1 Å². The molecule has 0 atom stereocenters. The van der Waals surface area contributed by atoms with Crippen LogP contribution in [0.3, 0.4) is 0 Å². The van der Waals surface area contributed by atoms with E-state index in [2.05, 4.69) is 16.8 Å². The molecule has 0 amide bonds. The minimum absolute atomic E-state index is 0.0511. The maximum Gasteiger partial charge on any atom is 0.273 e. The Labute approximate surface area is 119 Å². The Morgan fingerprint density at radius 2 is 2.05 bits per heavy atom. The number of non-ortho nitro benzene ring substituents is 1. The zero-order chi connectivity index (χ0) is 14.7. The maximum atomic E-state index is 10.9. The summed E-state index contributed by atoms with van der Waals surface area (Å²) in [4.78, 5) is 14.9. The van der Waals surface area contributed by atoms with Crippen LogP contribution in [-0.4, -0.2) is 43.6 Å². The van der Waals surface area contributed by atoms with Crippen LogP contribution >= 0.6 is 0 Å². The van der Waals surface area contributed by atoms with Gasteiger partial charge in [0, 0.05) is 37.1 Å². The number of benzene rings is 1. The van der Waals surface area contributed by atoms with Crippen molar-refractivity contribution in [3.63, 3.8) is 0 Å². The molecule has 0 unspecified atom stereocenters. The van der Waals surface area contributed by atoms with Gasteiger partial charge >= 0.3 is 0 Å². The molecule has 1 aromatic carbocycles. The van der Waals surface area contributed by atoms with Crippen molar-refractivity contribution in [2.75, 3.05) is 44.4 Å². The molecule has 0 aliphatic carbocycles. The van der Waals surface area contributed by atoms with Crippen LogP contribution in [0.1, 0.15) is 12.8 Å². The third-order valence-electron chi connectivity index (χ3n) is 3.95. The Bertz CT molecular complexity index is 484. The summed E-state index contributed by atoms with van der Waals surface area (Å²) < 4.78 is 0. The molecule has 0 spiro atoms. The van der Waals surface area contributed by atoms with Gasteiger partial charge in [0.2, 0.25) is 0 Å². The smallest absolute Gasteiger partial charge is 0.273 e. The molecule has 0 bridgehead atoms. The van der Waals surface area contributed by atoms with Crippen molar-refractivity contribution in [3.05, 3.63) is 28.3 Å². The first kappa shape index (κ1) is 14.6. The number of anilines is 2. The molecule has 1 saturated heterocycles. The van der Waals surface area contributed by atoms with Gasteiger partial charge in [-0.25, -0.2) is 0 Å². The van der Waals surface area contributed by atoms with Gasteiger partial charge in [-0.2, -0.15) is 0 Å². The van der Waals surface area contributed by atoms with Crippen LogP contribution in [0.25, 0.3) is 0 Å². The van der Waals surface area contributed by atoms with Gasteiger partial charge in [-0.05, 0) is 45.0 Å². The van der Waals surface area contributed by atoms with Gasteiger partial charge in [-0.15, -0.1) is 0 Å². The Morgan fingerprint density at radius 1 is 1.40 bits per heavy atom. The minimum atomic E-state index is -0.400. The lowest BCUT2D eigenvalue weighted by Gasteiger charge is -2.32. The Hall–Kier alpha value is -1.82. The topological polar surface area (TPSA) is 75.6 Å². The molecule has 2 N–H and O–H groups in total. The monoisotopic (exact) mass is 278 g/mol. The van der Waals surface area contributed by atoms with E-state index in [1.807, 2.05) is 7.05 Å². The molecule has 6 nitrogen and oxygen atoms in total. The van der Waals surface area contributed by atoms with Gasteiger partial charge in [0.1, 0.15) is 0 Å². The third-order valence-corrected chi connectivity index (χ3v) is 3.95. The molecule has 1 aromatic rings. The van der Waals surface area contributed by atoms with Crippen molar-refractivity contribution < 1.29 is 4.92 Å². The number of likely N-dealkylation sites (tertiary alicyclic amines) is 1. The summed E-state index contributed by atoms with van der Waals surface area (Å²) in [5.74, 6) is 0.636. The first-order valence-corrected chi connectivity index (χ1v) is 6.90. The number of nitrogens with two attached hydrogens (primary N) is 1. The Kier molecular flexibility index (Phi) is 4.44. The van der Waals surface area contributed by atoms with Crippen molar-refractivity contribution in [2.24, 2.45) is 5.92 Å². The van der Waals surface area contributed by atoms with Crippen LogP contribution in [0, 0.1) is 16.0 Å². The van der Waals surface area contributed by atoms with E-state index < -0.39 is 4.92 Å². The maximum absolute atomic E-state index is 10.9. The fraction of sp³-hybridized carbons (Fsp3) is 0.571. The number of piperidine rings is 1. The summed E-state index contributed by atoms with van der Waals surface area (Å²) in [6.07, 6.45) is 2.34. The lowest BCUT2D eigenvalue weighted by molar-refractivity contribution is -0.384. The average molecular weight is 278 g/mol. The predicted molar refractivity (Wildman–Crippen MR) is 81.0 cm³/mol. The number of hydrogen-bond acceptors (Lipinski definition) is 5. The highest BCUT2D eigenvalue weighted by Crippen LogP contribution is 2.26. The summed E-state index contributed by atoms with van der Waals surface area (Å²) in [6.45, 7) is 3.15. The number of rotatable bonds is 4. The molecular formula is C14H22N4O2. The van der Waals surface area contributed by atoms with E-state index in [1.165, 1.54) is 18.9 Å². The van der Waals surface area contributed by atoms with Crippen LogP contribution in [0.2, 0.25) is 0 Å². The molecule has 0 radical (unpaired) electrons.